The highest BCUT2D eigenvalue weighted by Gasteiger charge is 2.12. The predicted molar refractivity (Wildman–Crippen MR) is 69.3 cm³/mol. The predicted octanol–water partition coefficient (Wildman–Crippen LogP) is 1.43. The first-order chi connectivity index (χ1) is 9.20. The smallest absolute Gasteiger partial charge is 0.347 e. The lowest BCUT2D eigenvalue weighted by Gasteiger charge is -2.02. The molecule has 0 aliphatic carbocycles. The second-order valence-electron chi connectivity index (χ2n) is 4.16. The van der Waals surface area contributed by atoms with E-state index in [-0.39, 0.29) is 29.6 Å². The van der Waals surface area contributed by atoms with E-state index in [0.717, 1.165) is 0 Å². The molecular weight excluding hydrogens is 248 g/mol. The van der Waals surface area contributed by atoms with E-state index in [4.69, 9.17) is 13.9 Å². The van der Waals surface area contributed by atoms with Gasteiger partial charge in [-0.1, -0.05) is 12.1 Å². The molecule has 0 atom stereocenters. The Balaban J connectivity index is 2.49. The van der Waals surface area contributed by atoms with Gasteiger partial charge in [0.2, 0.25) is 0 Å². The molecule has 1 aromatic carbocycles. The standard InChI is InChI=1S/C14H10O5/c15-6-5-8-7-10-12(19-13(8)16)9-3-1-2-4-11(9)18-14(10)17/h1-4,7,15H,5-6H2. The first kappa shape index (κ1) is 11.7. The van der Waals surface area contributed by atoms with E-state index in [1.165, 1.54) is 6.07 Å². The summed E-state index contributed by atoms with van der Waals surface area (Å²) in [5.41, 5.74) is -0.247. The molecule has 5 nitrogen and oxygen atoms in total. The molecule has 0 radical (unpaired) electrons. The summed E-state index contributed by atoms with van der Waals surface area (Å²) in [5.74, 6) is 0. The quantitative estimate of drug-likeness (QED) is 0.555. The molecule has 3 aromatic rings. The van der Waals surface area contributed by atoms with Crippen molar-refractivity contribution >= 4 is 21.9 Å². The Bertz CT molecular complexity index is 872. The number of para-hydroxylation sites is 1. The van der Waals surface area contributed by atoms with Gasteiger partial charge >= 0.3 is 11.3 Å². The van der Waals surface area contributed by atoms with Gasteiger partial charge in [0.25, 0.3) is 0 Å². The van der Waals surface area contributed by atoms with E-state index in [1.54, 1.807) is 24.3 Å². The minimum absolute atomic E-state index is 0.143. The third-order valence-corrected chi connectivity index (χ3v) is 2.96. The lowest BCUT2D eigenvalue weighted by Crippen LogP contribution is -2.12. The van der Waals surface area contributed by atoms with Gasteiger partial charge in [-0.3, -0.25) is 0 Å². The molecule has 19 heavy (non-hydrogen) atoms. The van der Waals surface area contributed by atoms with Crippen LogP contribution < -0.4 is 11.3 Å². The Morgan fingerprint density at radius 1 is 1.00 bits per heavy atom. The van der Waals surface area contributed by atoms with Crippen molar-refractivity contribution in [3.63, 3.8) is 0 Å². The van der Waals surface area contributed by atoms with Crippen molar-refractivity contribution in [2.75, 3.05) is 6.61 Å². The maximum Gasteiger partial charge on any atom is 0.347 e. The van der Waals surface area contributed by atoms with Gasteiger partial charge in [0.15, 0.2) is 5.58 Å². The van der Waals surface area contributed by atoms with Crippen molar-refractivity contribution in [2.24, 2.45) is 0 Å². The Morgan fingerprint density at radius 3 is 2.58 bits per heavy atom. The van der Waals surface area contributed by atoms with Crippen molar-refractivity contribution < 1.29 is 13.9 Å². The lowest BCUT2D eigenvalue weighted by atomic mass is 10.1. The van der Waals surface area contributed by atoms with Crippen molar-refractivity contribution in [1.29, 1.82) is 0 Å². The average molecular weight is 258 g/mol. The normalized spacial score (nSPS) is 11.2. The van der Waals surface area contributed by atoms with Crippen molar-refractivity contribution in [2.45, 2.75) is 6.42 Å². The molecule has 5 heteroatoms. The summed E-state index contributed by atoms with van der Waals surface area (Å²) in [6.45, 7) is -0.185. The zero-order chi connectivity index (χ0) is 13.4. The fourth-order valence-electron chi connectivity index (χ4n) is 2.06. The number of fused-ring (bicyclic) bond motifs is 3. The summed E-state index contributed by atoms with van der Waals surface area (Å²) < 4.78 is 10.4. The molecule has 0 unspecified atom stereocenters. The van der Waals surface area contributed by atoms with Crippen molar-refractivity contribution in [3.8, 4) is 0 Å². The van der Waals surface area contributed by atoms with Gasteiger partial charge in [0.05, 0.1) is 5.39 Å². The van der Waals surface area contributed by atoms with E-state index in [0.29, 0.717) is 11.0 Å². The summed E-state index contributed by atoms with van der Waals surface area (Å²) in [6, 6.07) is 8.28. The third kappa shape index (κ3) is 1.84. The molecule has 96 valence electrons. The number of hydrogen-bond donors (Lipinski definition) is 1. The van der Waals surface area contributed by atoms with E-state index in [9.17, 15) is 9.59 Å². The molecule has 1 N–H and O–H groups in total. The molecule has 0 saturated heterocycles. The van der Waals surface area contributed by atoms with Crippen LogP contribution >= 0.6 is 0 Å². The van der Waals surface area contributed by atoms with Gasteiger partial charge < -0.3 is 13.9 Å². The first-order valence-corrected chi connectivity index (χ1v) is 5.80. The SMILES string of the molecule is O=c1oc2c(cc1CCO)c(=O)oc1ccccc12. The van der Waals surface area contributed by atoms with Gasteiger partial charge in [0, 0.05) is 18.6 Å². The van der Waals surface area contributed by atoms with Gasteiger partial charge in [0.1, 0.15) is 11.0 Å². The Hall–Kier alpha value is -2.40. The Kier molecular flexibility index (Phi) is 2.68. The Labute approximate surface area is 106 Å². The maximum atomic E-state index is 11.9. The van der Waals surface area contributed by atoms with Gasteiger partial charge in [-0.25, -0.2) is 9.59 Å². The molecule has 2 aromatic heterocycles. The molecule has 0 fully saturated rings. The fraction of sp³-hybridized carbons (Fsp3) is 0.143. The summed E-state index contributed by atoms with van der Waals surface area (Å²) in [4.78, 5) is 23.6. The van der Waals surface area contributed by atoms with Crippen LogP contribution in [0.25, 0.3) is 21.9 Å². The van der Waals surface area contributed by atoms with Crippen LogP contribution in [0.5, 0.6) is 0 Å². The topological polar surface area (TPSA) is 80.6 Å². The van der Waals surface area contributed by atoms with Crippen LogP contribution in [0.3, 0.4) is 0 Å². The minimum Gasteiger partial charge on any atom is -0.422 e. The highest BCUT2D eigenvalue weighted by Crippen LogP contribution is 2.21. The summed E-state index contributed by atoms with van der Waals surface area (Å²) in [6.07, 6.45) is 0.143. The van der Waals surface area contributed by atoms with Crippen LogP contribution in [0.4, 0.5) is 0 Å². The highest BCUT2D eigenvalue weighted by molar-refractivity contribution is 6.00. The number of benzene rings is 1. The second-order valence-corrected chi connectivity index (χ2v) is 4.16. The summed E-state index contributed by atoms with van der Waals surface area (Å²) in [7, 11) is 0. The van der Waals surface area contributed by atoms with Gasteiger partial charge in [-0.2, -0.15) is 0 Å². The number of hydrogen-bond acceptors (Lipinski definition) is 5. The van der Waals surface area contributed by atoms with Crippen LogP contribution in [-0.4, -0.2) is 11.7 Å². The average Bonchev–Trinajstić information content (AvgIpc) is 2.41. The monoisotopic (exact) mass is 258 g/mol. The van der Waals surface area contributed by atoms with E-state index in [2.05, 4.69) is 0 Å². The fourth-order valence-corrected chi connectivity index (χ4v) is 2.06. The van der Waals surface area contributed by atoms with Crippen molar-refractivity contribution in [3.05, 3.63) is 56.7 Å². The molecular formula is C14H10O5. The van der Waals surface area contributed by atoms with E-state index in [1.807, 2.05) is 0 Å². The van der Waals surface area contributed by atoms with E-state index < -0.39 is 11.3 Å². The van der Waals surface area contributed by atoms with Crippen LogP contribution in [0.1, 0.15) is 5.56 Å². The molecule has 0 aliphatic rings. The number of aliphatic hydroxyl groups excluding tert-OH is 1. The number of aliphatic hydroxyl groups is 1. The zero-order valence-corrected chi connectivity index (χ0v) is 9.88. The van der Waals surface area contributed by atoms with Crippen molar-refractivity contribution in [1.82, 2.24) is 0 Å². The largest absolute Gasteiger partial charge is 0.422 e. The zero-order valence-electron chi connectivity index (χ0n) is 9.88. The van der Waals surface area contributed by atoms with Crippen LogP contribution in [0.2, 0.25) is 0 Å². The number of rotatable bonds is 2. The first-order valence-electron chi connectivity index (χ1n) is 5.80. The van der Waals surface area contributed by atoms with Crippen LogP contribution in [-0.2, 0) is 6.42 Å². The summed E-state index contributed by atoms with van der Waals surface area (Å²) in [5, 5.41) is 9.66. The maximum absolute atomic E-state index is 11.9. The van der Waals surface area contributed by atoms with Gasteiger partial charge in [-0.05, 0) is 18.2 Å². The summed E-state index contributed by atoms with van der Waals surface area (Å²) >= 11 is 0. The molecule has 2 heterocycles. The molecule has 0 spiro atoms. The molecule has 0 bridgehead atoms. The van der Waals surface area contributed by atoms with Gasteiger partial charge in [-0.15, -0.1) is 0 Å². The molecule has 3 rings (SSSR count). The second kappa shape index (κ2) is 4.37. The lowest BCUT2D eigenvalue weighted by molar-refractivity contribution is 0.298. The minimum atomic E-state index is -0.559. The molecule has 0 amide bonds. The Morgan fingerprint density at radius 2 is 1.79 bits per heavy atom. The molecule has 0 aliphatic heterocycles. The molecule has 0 saturated carbocycles. The van der Waals surface area contributed by atoms with Crippen LogP contribution in [0.15, 0.2) is 48.8 Å². The van der Waals surface area contributed by atoms with E-state index >= 15 is 0 Å². The van der Waals surface area contributed by atoms with Crippen LogP contribution in [0, 0.1) is 0 Å². The third-order valence-electron chi connectivity index (χ3n) is 2.96. The highest BCUT2D eigenvalue weighted by atomic mass is 16.4.